The van der Waals surface area contributed by atoms with E-state index in [0.717, 1.165) is 29.3 Å². The van der Waals surface area contributed by atoms with Crippen molar-refractivity contribution in [3.05, 3.63) is 53.7 Å². The van der Waals surface area contributed by atoms with Gasteiger partial charge in [0.15, 0.2) is 5.96 Å². The van der Waals surface area contributed by atoms with E-state index in [2.05, 4.69) is 27.5 Å². The van der Waals surface area contributed by atoms with Crippen molar-refractivity contribution in [3.8, 4) is 11.6 Å². The standard InChI is InChI=1S/C19H26N4O2.HI/c1-4-10-25-18-9-8-16(13-21-18)14-23-19(20-2)22-12-15-6-5-7-17(11-15)24-3;/h5-9,11,13H,4,10,12,14H2,1-3H3,(H2,20,22,23);1H. The molecule has 0 bridgehead atoms. The van der Waals surface area contributed by atoms with Crippen molar-refractivity contribution in [2.75, 3.05) is 20.8 Å². The minimum Gasteiger partial charge on any atom is -0.497 e. The van der Waals surface area contributed by atoms with E-state index < -0.39 is 0 Å². The monoisotopic (exact) mass is 470 g/mol. The van der Waals surface area contributed by atoms with Crippen LogP contribution in [0.3, 0.4) is 0 Å². The maximum atomic E-state index is 5.49. The van der Waals surface area contributed by atoms with Gasteiger partial charge in [-0.2, -0.15) is 0 Å². The molecule has 26 heavy (non-hydrogen) atoms. The Balaban J connectivity index is 0.00000338. The second-order valence-corrected chi connectivity index (χ2v) is 5.48. The Hall–Kier alpha value is -2.03. The molecular formula is C19H27IN4O2. The van der Waals surface area contributed by atoms with Crippen molar-refractivity contribution in [2.45, 2.75) is 26.4 Å². The normalized spacial score (nSPS) is 10.7. The average Bonchev–Trinajstić information content (AvgIpc) is 2.67. The van der Waals surface area contributed by atoms with Crippen molar-refractivity contribution in [2.24, 2.45) is 4.99 Å². The van der Waals surface area contributed by atoms with Crippen LogP contribution in [0.15, 0.2) is 47.6 Å². The van der Waals surface area contributed by atoms with Gasteiger partial charge in [0.05, 0.1) is 13.7 Å². The molecule has 0 saturated carbocycles. The minimum absolute atomic E-state index is 0. The quantitative estimate of drug-likeness (QED) is 0.352. The van der Waals surface area contributed by atoms with E-state index in [4.69, 9.17) is 9.47 Å². The van der Waals surface area contributed by atoms with Gasteiger partial charge in [0, 0.05) is 32.4 Å². The summed E-state index contributed by atoms with van der Waals surface area (Å²) in [6.07, 6.45) is 2.79. The Bertz CT molecular complexity index is 677. The molecule has 0 unspecified atom stereocenters. The van der Waals surface area contributed by atoms with E-state index in [9.17, 15) is 0 Å². The van der Waals surface area contributed by atoms with Gasteiger partial charge >= 0.3 is 0 Å². The van der Waals surface area contributed by atoms with Crippen molar-refractivity contribution in [3.63, 3.8) is 0 Å². The highest BCUT2D eigenvalue weighted by atomic mass is 127. The molecule has 0 aliphatic rings. The molecule has 0 spiro atoms. The van der Waals surface area contributed by atoms with Crippen LogP contribution in [0.4, 0.5) is 0 Å². The van der Waals surface area contributed by atoms with Crippen LogP contribution in [-0.2, 0) is 13.1 Å². The molecule has 0 aliphatic heterocycles. The lowest BCUT2D eigenvalue weighted by molar-refractivity contribution is 0.305. The number of nitrogens with one attached hydrogen (secondary N) is 2. The highest BCUT2D eigenvalue weighted by Crippen LogP contribution is 2.12. The first-order chi connectivity index (χ1) is 12.2. The number of halogens is 1. The number of ether oxygens (including phenoxy) is 2. The number of aromatic nitrogens is 1. The molecule has 0 aliphatic carbocycles. The molecule has 0 amide bonds. The number of nitrogens with zero attached hydrogens (tertiary/aromatic N) is 2. The van der Waals surface area contributed by atoms with Gasteiger partial charge < -0.3 is 20.1 Å². The predicted octanol–water partition coefficient (Wildman–Crippen LogP) is 3.36. The number of hydrogen-bond donors (Lipinski definition) is 2. The number of aliphatic imine (C=N–C) groups is 1. The van der Waals surface area contributed by atoms with Crippen LogP contribution in [0.1, 0.15) is 24.5 Å². The lowest BCUT2D eigenvalue weighted by atomic mass is 10.2. The summed E-state index contributed by atoms with van der Waals surface area (Å²) in [5.74, 6) is 2.24. The Morgan fingerprint density at radius 2 is 1.88 bits per heavy atom. The zero-order valence-electron chi connectivity index (χ0n) is 15.5. The van der Waals surface area contributed by atoms with Crippen molar-refractivity contribution >= 4 is 29.9 Å². The molecule has 142 valence electrons. The molecule has 7 heteroatoms. The van der Waals surface area contributed by atoms with E-state index in [1.54, 1.807) is 14.2 Å². The molecule has 1 heterocycles. The molecule has 2 rings (SSSR count). The molecule has 1 aromatic carbocycles. The lowest BCUT2D eigenvalue weighted by Crippen LogP contribution is -2.36. The highest BCUT2D eigenvalue weighted by molar-refractivity contribution is 14.0. The summed E-state index contributed by atoms with van der Waals surface area (Å²) in [4.78, 5) is 8.53. The van der Waals surface area contributed by atoms with Crippen LogP contribution in [-0.4, -0.2) is 31.7 Å². The zero-order chi connectivity index (χ0) is 17.9. The number of rotatable bonds is 8. The molecular weight excluding hydrogens is 443 g/mol. The van der Waals surface area contributed by atoms with Crippen LogP contribution in [0.2, 0.25) is 0 Å². The van der Waals surface area contributed by atoms with Gasteiger partial charge in [-0.3, -0.25) is 4.99 Å². The molecule has 0 fully saturated rings. The third kappa shape index (κ3) is 7.47. The van der Waals surface area contributed by atoms with Crippen molar-refractivity contribution < 1.29 is 9.47 Å². The van der Waals surface area contributed by atoms with Crippen molar-refractivity contribution in [1.82, 2.24) is 15.6 Å². The highest BCUT2D eigenvalue weighted by Gasteiger charge is 2.01. The molecule has 2 N–H and O–H groups in total. The van der Waals surface area contributed by atoms with Gasteiger partial charge in [-0.1, -0.05) is 25.1 Å². The smallest absolute Gasteiger partial charge is 0.213 e. The third-order valence-electron chi connectivity index (χ3n) is 3.53. The molecule has 2 aromatic rings. The largest absolute Gasteiger partial charge is 0.497 e. The Morgan fingerprint density at radius 1 is 1.12 bits per heavy atom. The van der Waals surface area contributed by atoms with Crippen LogP contribution in [0, 0.1) is 0 Å². The van der Waals surface area contributed by atoms with Gasteiger partial charge in [-0.05, 0) is 29.7 Å². The fourth-order valence-corrected chi connectivity index (χ4v) is 2.18. The van der Waals surface area contributed by atoms with Crippen LogP contribution in [0.25, 0.3) is 0 Å². The molecule has 0 atom stereocenters. The number of guanidine groups is 1. The number of pyridine rings is 1. The van der Waals surface area contributed by atoms with E-state index >= 15 is 0 Å². The summed E-state index contributed by atoms with van der Waals surface area (Å²) in [6, 6.07) is 11.8. The predicted molar refractivity (Wildman–Crippen MR) is 115 cm³/mol. The maximum Gasteiger partial charge on any atom is 0.213 e. The Labute approximate surface area is 172 Å². The zero-order valence-corrected chi connectivity index (χ0v) is 17.8. The van der Waals surface area contributed by atoms with Gasteiger partial charge in [0.25, 0.3) is 0 Å². The molecule has 0 saturated heterocycles. The fraction of sp³-hybridized carbons (Fsp3) is 0.368. The molecule has 6 nitrogen and oxygen atoms in total. The first-order valence-corrected chi connectivity index (χ1v) is 8.40. The van der Waals surface area contributed by atoms with Crippen LogP contribution in [0.5, 0.6) is 11.6 Å². The number of methoxy groups -OCH3 is 1. The second kappa shape index (κ2) is 12.3. The summed E-state index contributed by atoms with van der Waals surface area (Å²) < 4.78 is 10.7. The van der Waals surface area contributed by atoms with E-state index in [-0.39, 0.29) is 24.0 Å². The topological polar surface area (TPSA) is 67.8 Å². The number of hydrogen-bond acceptors (Lipinski definition) is 4. The van der Waals surface area contributed by atoms with Crippen LogP contribution >= 0.6 is 24.0 Å². The van der Waals surface area contributed by atoms with Crippen molar-refractivity contribution in [1.29, 1.82) is 0 Å². The van der Waals surface area contributed by atoms with E-state index in [0.29, 0.717) is 25.6 Å². The van der Waals surface area contributed by atoms with Crippen LogP contribution < -0.4 is 20.1 Å². The van der Waals surface area contributed by atoms with Gasteiger partial charge in [0.1, 0.15) is 5.75 Å². The lowest BCUT2D eigenvalue weighted by Gasteiger charge is -2.12. The maximum absolute atomic E-state index is 5.49. The second-order valence-electron chi connectivity index (χ2n) is 5.48. The van der Waals surface area contributed by atoms with Gasteiger partial charge in [-0.25, -0.2) is 4.98 Å². The Morgan fingerprint density at radius 3 is 2.50 bits per heavy atom. The fourth-order valence-electron chi connectivity index (χ4n) is 2.18. The first kappa shape index (κ1) is 22.0. The summed E-state index contributed by atoms with van der Waals surface area (Å²) in [5, 5.41) is 6.56. The summed E-state index contributed by atoms with van der Waals surface area (Å²) in [7, 11) is 3.42. The van der Waals surface area contributed by atoms with E-state index in [1.165, 1.54) is 0 Å². The summed E-state index contributed by atoms with van der Waals surface area (Å²) >= 11 is 0. The minimum atomic E-state index is 0. The average molecular weight is 470 g/mol. The molecule has 0 radical (unpaired) electrons. The molecule has 1 aromatic heterocycles. The number of benzene rings is 1. The SMILES string of the molecule is CCCOc1ccc(CNC(=NC)NCc2cccc(OC)c2)cn1.I. The Kier molecular flexibility index (Phi) is 10.5. The summed E-state index contributed by atoms with van der Waals surface area (Å²) in [5.41, 5.74) is 2.19. The van der Waals surface area contributed by atoms with Gasteiger partial charge in [0.2, 0.25) is 5.88 Å². The summed E-state index contributed by atoms with van der Waals surface area (Å²) in [6.45, 7) is 4.06. The van der Waals surface area contributed by atoms with Gasteiger partial charge in [-0.15, -0.1) is 24.0 Å². The van der Waals surface area contributed by atoms with E-state index in [1.807, 2.05) is 42.6 Å². The first-order valence-electron chi connectivity index (χ1n) is 8.40. The third-order valence-corrected chi connectivity index (χ3v) is 3.53.